The molecule has 1 aliphatic heterocycles. The van der Waals surface area contributed by atoms with Crippen LogP contribution in [0.25, 0.3) is 0 Å². The lowest BCUT2D eigenvalue weighted by molar-refractivity contribution is -0.137. The Morgan fingerprint density at radius 2 is 1.63 bits per heavy atom. The fourth-order valence-corrected chi connectivity index (χ4v) is 3.64. The molecule has 2 aromatic carbocycles. The van der Waals surface area contributed by atoms with Crippen LogP contribution in [0, 0.1) is 0 Å². The van der Waals surface area contributed by atoms with Crippen LogP contribution in [0.3, 0.4) is 0 Å². The highest BCUT2D eigenvalue weighted by molar-refractivity contribution is 6.31. The second kappa shape index (κ2) is 8.98. The molecule has 2 nitrogen and oxygen atoms in total. The molecule has 1 unspecified atom stereocenters. The molecule has 0 radical (unpaired) electrons. The summed E-state index contributed by atoms with van der Waals surface area (Å²) in [6.07, 6.45) is -0.253. The van der Waals surface area contributed by atoms with E-state index in [9.17, 15) is 13.2 Å². The Morgan fingerprint density at radius 3 is 2.26 bits per heavy atom. The van der Waals surface area contributed by atoms with Gasteiger partial charge in [0.15, 0.2) is 0 Å². The van der Waals surface area contributed by atoms with Gasteiger partial charge in [0.05, 0.1) is 5.56 Å². The maximum Gasteiger partial charge on any atom is 0.416 e. The van der Waals surface area contributed by atoms with Crippen LogP contribution in [-0.2, 0) is 6.18 Å². The summed E-state index contributed by atoms with van der Waals surface area (Å²) >= 11 is 6.35. The molecule has 1 aliphatic rings. The summed E-state index contributed by atoms with van der Waals surface area (Å²) in [4.78, 5) is 2.41. The minimum atomic E-state index is -4.35. The number of benzene rings is 2. The zero-order valence-corrected chi connectivity index (χ0v) is 15.8. The van der Waals surface area contributed by atoms with Gasteiger partial charge in [0.25, 0.3) is 0 Å². The van der Waals surface area contributed by atoms with Crippen molar-refractivity contribution in [3.8, 4) is 5.75 Å². The highest BCUT2D eigenvalue weighted by Gasteiger charge is 2.30. The first-order chi connectivity index (χ1) is 12.9. The summed E-state index contributed by atoms with van der Waals surface area (Å²) in [6.45, 7) is 3.03. The van der Waals surface area contributed by atoms with Crippen LogP contribution in [0.2, 0.25) is 5.02 Å². The molecule has 0 aliphatic carbocycles. The molecule has 0 amide bonds. The van der Waals surface area contributed by atoms with Crippen LogP contribution in [0.5, 0.6) is 5.75 Å². The number of halogens is 4. The molecule has 27 heavy (non-hydrogen) atoms. The predicted molar refractivity (Wildman–Crippen MR) is 101 cm³/mol. The smallest absolute Gasteiger partial charge is 0.416 e. The zero-order chi connectivity index (χ0) is 19.3. The number of hydrogen-bond donors (Lipinski definition) is 0. The first kappa shape index (κ1) is 20.0. The molecule has 1 saturated heterocycles. The van der Waals surface area contributed by atoms with Crippen molar-refractivity contribution < 1.29 is 17.9 Å². The highest BCUT2D eigenvalue weighted by atomic mass is 35.5. The van der Waals surface area contributed by atoms with Crippen molar-refractivity contribution >= 4 is 11.6 Å². The van der Waals surface area contributed by atoms with Gasteiger partial charge in [-0.25, -0.2) is 0 Å². The highest BCUT2D eigenvalue weighted by Crippen LogP contribution is 2.33. The first-order valence-corrected chi connectivity index (χ1v) is 9.62. The second-order valence-corrected chi connectivity index (χ2v) is 7.25. The first-order valence-electron chi connectivity index (χ1n) is 9.24. The normalized spacial score (nSPS) is 16.9. The summed E-state index contributed by atoms with van der Waals surface area (Å²) in [6, 6.07) is 12.3. The topological polar surface area (TPSA) is 12.5 Å². The van der Waals surface area contributed by atoms with E-state index in [1.807, 2.05) is 18.2 Å². The number of alkyl halides is 3. The SMILES string of the molecule is FC(F)(F)c1ccc(OC(CCN2CCCCC2)c2ccccc2Cl)cc1. The van der Waals surface area contributed by atoms with Gasteiger partial charge in [0, 0.05) is 23.6 Å². The van der Waals surface area contributed by atoms with Crippen molar-refractivity contribution in [1.29, 1.82) is 0 Å². The van der Waals surface area contributed by atoms with Gasteiger partial charge in [-0.15, -0.1) is 0 Å². The van der Waals surface area contributed by atoms with E-state index in [-0.39, 0.29) is 6.10 Å². The molecule has 1 fully saturated rings. The van der Waals surface area contributed by atoms with E-state index in [0.717, 1.165) is 43.8 Å². The average molecular weight is 398 g/mol. The molecule has 3 rings (SSSR count). The molecule has 1 heterocycles. The Balaban J connectivity index is 1.74. The molecule has 6 heteroatoms. The third kappa shape index (κ3) is 5.63. The average Bonchev–Trinajstić information content (AvgIpc) is 2.66. The Kier molecular flexibility index (Phi) is 6.66. The Morgan fingerprint density at radius 1 is 0.963 bits per heavy atom. The molecular weight excluding hydrogens is 375 g/mol. The maximum absolute atomic E-state index is 12.8. The van der Waals surface area contributed by atoms with Gasteiger partial charge < -0.3 is 9.64 Å². The quantitative estimate of drug-likeness (QED) is 0.562. The van der Waals surface area contributed by atoms with E-state index in [0.29, 0.717) is 10.8 Å². The van der Waals surface area contributed by atoms with E-state index in [4.69, 9.17) is 16.3 Å². The van der Waals surface area contributed by atoms with Crippen LogP contribution in [-0.4, -0.2) is 24.5 Å². The lowest BCUT2D eigenvalue weighted by atomic mass is 10.0. The lowest BCUT2D eigenvalue weighted by Gasteiger charge is -2.29. The number of rotatable bonds is 6. The third-order valence-electron chi connectivity index (χ3n) is 4.87. The molecule has 0 bridgehead atoms. The van der Waals surface area contributed by atoms with Crippen LogP contribution >= 0.6 is 11.6 Å². The monoisotopic (exact) mass is 397 g/mol. The van der Waals surface area contributed by atoms with E-state index in [1.54, 1.807) is 6.07 Å². The van der Waals surface area contributed by atoms with Crippen LogP contribution in [0.1, 0.15) is 42.9 Å². The van der Waals surface area contributed by atoms with E-state index >= 15 is 0 Å². The lowest BCUT2D eigenvalue weighted by Crippen LogP contribution is -2.32. The van der Waals surface area contributed by atoms with Crippen LogP contribution in [0.4, 0.5) is 13.2 Å². The molecule has 1 atom stereocenters. The van der Waals surface area contributed by atoms with E-state index in [2.05, 4.69) is 4.90 Å². The maximum atomic E-state index is 12.8. The number of likely N-dealkylation sites (tertiary alicyclic amines) is 1. The molecular formula is C21H23ClF3NO. The summed E-state index contributed by atoms with van der Waals surface area (Å²) < 4.78 is 44.4. The van der Waals surface area contributed by atoms with E-state index < -0.39 is 11.7 Å². The molecule has 0 aromatic heterocycles. The second-order valence-electron chi connectivity index (χ2n) is 6.84. The largest absolute Gasteiger partial charge is 0.486 e. The minimum absolute atomic E-state index is 0.308. The fraction of sp³-hybridized carbons (Fsp3) is 0.429. The molecule has 146 valence electrons. The fourth-order valence-electron chi connectivity index (χ4n) is 3.38. The molecule has 0 saturated carbocycles. The van der Waals surface area contributed by atoms with Crippen molar-refractivity contribution in [3.63, 3.8) is 0 Å². The summed E-state index contributed by atoms with van der Waals surface area (Å²) in [5.74, 6) is 0.409. The number of ether oxygens (including phenoxy) is 1. The van der Waals surface area contributed by atoms with E-state index in [1.165, 1.54) is 31.4 Å². The van der Waals surface area contributed by atoms with Gasteiger partial charge in [0.2, 0.25) is 0 Å². The van der Waals surface area contributed by atoms with Crippen LogP contribution < -0.4 is 4.74 Å². The van der Waals surface area contributed by atoms with Gasteiger partial charge in [-0.2, -0.15) is 13.2 Å². The Hall–Kier alpha value is -1.72. The summed E-state index contributed by atoms with van der Waals surface area (Å²) in [5.41, 5.74) is 0.175. The Labute approximate surface area is 162 Å². The number of piperidine rings is 1. The van der Waals surface area contributed by atoms with Crippen molar-refractivity contribution in [1.82, 2.24) is 4.90 Å². The number of nitrogens with zero attached hydrogens (tertiary/aromatic N) is 1. The van der Waals surface area contributed by atoms with Gasteiger partial charge in [-0.1, -0.05) is 36.2 Å². The molecule has 0 N–H and O–H groups in total. The molecule has 0 spiro atoms. The predicted octanol–water partition coefficient (Wildman–Crippen LogP) is 6.35. The number of hydrogen-bond acceptors (Lipinski definition) is 2. The van der Waals surface area contributed by atoms with Gasteiger partial charge in [-0.05, 0) is 56.3 Å². The summed E-state index contributed by atoms with van der Waals surface area (Å²) in [7, 11) is 0. The molecule has 2 aromatic rings. The van der Waals surface area contributed by atoms with Crippen molar-refractivity contribution in [2.45, 2.75) is 38.0 Å². The van der Waals surface area contributed by atoms with Gasteiger partial charge >= 0.3 is 6.18 Å². The van der Waals surface area contributed by atoms with Crippen molar-refractivity contribution in [2.75, 3.05) is 19.6 Å². The van der Waals surface area contributed by atoms with Crippen molar-refractivity contribution in [2.24, 2.45) is 0 Å². The third-order valence-corrected chi connectivity index (χ3v) is 5.21. The van der Waals surface area contributed by atoms with Crippen LogP contribution in [0.15, 0.2) is 48.5 Å². The van der Waals surface area contributed by atoms with Gasteiger partial charge in [-0.3, -0.25) is 0 Å². The zero-order valence-electron chi connectivity index (χ0n) is 15.0. The minimum Gasteiger partial charge on any atom is -0.486 e. The Bertz CT molecular complexity index is 727. The summed E-state index contributed by atoms with van der Waals surface area (Å²) in [5, 5.41) is 0.605. The van der Waals surface area contributed by atoms with Gasteiger partial charge in [0.1, 0.15) is 11.9 Å². The van der Waals surface area contributed by atoms with Crippen molar-refractivity contribution in [3.05, 3.63) is 64.7 Å². The standard InChI is InChI=1S/C21H23ClF3NO/c22-19-7-3-2-6-18(19)20(12-15-26-13-4-1-5-14-26)27-17-10-8-16(9-11-17)21(23,24)25/h2-3,6-11,20H,1,4-5,12-15H2.